The van der Waals surface area contributed by atoms with Crippen LogP contribution in [0, 0.1) is 6.92 Å². The van der Waals surface area contributed by atoms with Crippen LogP contribution in [0.3, 0.4) is 0 Å². The number of likely N-dealkylation sites (tertiary alicyclic amines) is 1. The average Bonchev–Trinajstić information content (AvgIpc) is 3.18. The number of nitrogens with two attached hydrogens (primary N) is 1. The summed E-state index contributed by atoms with van der Waals surface area (Å²) in [5.41, 5.74) is 9.47. The van der Waals surface area contributed by atoms with Gasteiger partial charge in [-0.1, -0.05) is 25.5 Å². The van der Waals surface area contributed by atoms with Gasteiger partial charge >= 0.3 is 0 Å². The first-order valence-corrected chi connectivity index (χ1v) is 10.5. The summed E-state index contributed by atoms with van der Waals surface area (Å²) in [6.45, 7) is 7.12. The Hall–Kier alpha value is -2.38. The minimum atomic E-state index is -0.0936. The lowest BCUT2D eigenvalue weighted by Gasteiger charge is -2.20. The highest BCUT2D eigenvalue weighted by atomic mass is 16.3. The van der Waals surface area contributed by atoms with E-state index in [1.54, 1.807) is 0 Å². The number of nitrogen functional groups attached to an aromatic ring is 1. The van der Waals surface area contributed by atoms with Crippen molar-refractivity contribution in [1.82, 2.24) is 14.9 Å². The predicted octanol–water partition coefficient (Wildman–Crippen LogP) is 2.83. The quantitative estimate of drug-likeness (QED) is 0.513. The molecule has 0 bridgehead atoms. The van der Waals surface area contributed by atoms with Crippen LogP contribution in [0.15, 0.2) is 18.2 Å². The highest BCUT2D eigenvalue weighted by Gasteiger charge is 2.17. The zero-order chi connectivity index (χ0) is 20.8. The first-order valence-electron chi connectivity index (χ1n) is 10.5. The maximum Gasteiger partial charge on any atom is 0.222 e. The second-order valence-electron chi connectivity index (χ2n) is 7.93. The highest BCUT2D eigenvalue weighted by molar-refractivity contribution is 5.53. The van der Waals surface area contributed by atoms with Gasteiger partial charge in [0.05, 0.1) is 12.6 Å². The largest absolute Gasteiger partial charge is 0.508 e. The van der Waals surface area contributed by atoms with Gasteiger partial charge in [-0.25, -0.2) is 4.98 Å². The Balaban J connectivity index is 1.81. The third-order valence-corrected chi connectivity index (χ3v) is 5.55. The number of phenolic OH excluding ortho intramolecular Hbond substituents is 1. The Morgan fingerprint density at radius 2 is 2.00 bits per heavy atom. The van der Waals surface area contributed by atoms with Gasteiger partial charge in [-0.3, -0.25) is 4.90 Å². The van der Waals surface area contributed by atoms with Crippen molar-refractivity contribution < 1.29 is 10.2 Å². The van der Waals surface area contributed by atoms with Gasteiger partial charge in [0.1, 0.15) is 11.6 Å². The molecule has 0 amide bonds. The smallest absolute Gasteiger partial charge is 0.222 e. The number of nitrogens with one attached hydrogen (secondary N) is 1. The van der Waals surface area contributed by atoms with Gasteiger partial charge in [-0.15, -0.1) is 0 Å². The number of benzene rings is 1. The number of hydrogen-bond donors (Lipinski definition) is 4. The molecular formula is C22H33N5O2. The molecule has 0 radical (unpaired) electrons. The lowest BCUT2D eigenvalue weighted by Crippen LogP contribution is -2.25. The van der Waals surface area contributed by atoms with Crippen LogP contribution in [0.1, 0.15) is 55.0 Å². The van der Waals surface area contributed by atoms with Crippen molar-refractivity contribution in [1.29, 1.82) is 0 Å². The van der Waals surface area contributed by atoms with Gasteiger partial charge in [0.15, 0.2) is 0 Å². The van der Waals surface area contributed by atoms with Gasteiger partial charge in [-0.05, 0) is 56.5 Å². The summed E-state index contributed by atoms with van der Waals surface area (Å²) in [5.74, 6) is 1.12. The number of hydrogen-bond acceptors (Lipinski definition) is 7. The minimum Gasteiger partial charge on any atom is -0.508 e. The molecule has 7 heteroatoms. The Bertz CT molecular complexity index is 821. The second-order valence-corrected chi connectivity index (χ2v) is 7.93. The molecule has 0 aliphatic carbocycles. The summed E-state index contributed by atoms with van der Waals surface area (Å²) in [7, 11) is 0. The summed E-state index contributed by atoms with van der Waals surface area (Å²) in [6.07, 6.45) is 4.78. The Kier molecular flexibility index (Phi) is 7.28. The van der Waals surface area contributed by atoms with Crippen molar-refractivity contribution in [2.24, 2.45) is 0 Å². The molecule has 5 N–H and O–H groups in total. The normalized spacial score (nSPS) is 15.6. The second kappa shape index (κ2) is 9.89. The standard InChI is InChI=1S/C22H33N5O2/c1-3-6-18(14-28)25-21-19(15(2)24-22(23)26-21)12-17-8-7-16(11-20(17)29)13-27-9-4-5-10-27/h7-8,11,18,28-29H,3-6,9-10,12-14H2,1-2H3,(H3,23,24,25,26). The van der Waals surface area contributed by atoms with Crippen LogP contribution in [0.25, 0.3) is 0 Å². The van der Waals surface area contributed by atoms with E-state index >= 15 is 0 Å². The molecule has 1 aromatic heterocycles. The Morgan fingerprint density at radius 1 is 1.24 bits per heavy atom. The number of aliphatic hydroxyl groups excluding tert-OH is 1. The van der Waals surface area contributed by atoms with Gasteiger partial charge in [0.25, 0.3) is 0 Å². The molecule has 29 heavy (non-hydrogen) atoms. The number of phenols is 1. The van der Waals surface area contributed by atoms with Crippen molar-refractivity contribution in [3.05, 3.63) is 40.6 Å². The van der Waals surface area contributed by atoms with Crippen molar-refractivity contribution in [2.45, 2.75) is 58.5 Å². The Morgan fingerprint density at radius 3 is 2.66 bits per heavy atom. The fourth-order valence-corrected chi connectivity index (χ4v) is 3.95. The van der Waals surface area contributed by atoms with E-state index in [4.69, 9.17) is 5.73 Å². The number of nitrogens with zero attached hydrogens (tertiary/aromatic N) is 3. The van der Waals surface area contributed by atoms with Crippen LogP contribution >= 0.6 is 0 Å². The first kappa shape index (κ1) is 21.3. The van der Waals surface area contributed by atoms with E-state index in [2.05, 4.69) is 33.2 Å². The van der Waals surface area contributed by atoms with E-state index < -0.39 is 0 Å². The maximum absolute atomic E-state index is 10.6. The van der Waals surface area contributed by atoms with E-state index in [1.165, 1.54) is 12.8 Å². The van der Waals surface area contributed by atoms with Crippen LogP contribution < -0.4 is 11.1 Å². The number of aliphatic hydroxyl groups is 1. The molecule has 0 saturated carbocycles. The molecule has 1 saturated heterocycles. The molecule has 1 unspecified atom stereocenters. The monoisotopic (exact) mass is 399 g/mol. The molecule has 3 rings (SSSR count). The van der Waals surface area contributed by atoms with E-state index in [0.29, 0.717) is 12.2 Å². The van der Waals surface area contributed by atoms with Gasteiger partial charge in [0, 0.05) is 24.2 Å². The minimum absolute atomic E-state index is 0.0205. The van der Waals surface area contributed by atoms with E-state index in [1.807, 2.05) is 19.1 Å². The predicted molar refractivity (Wildman–Crippen MR) is 116 cm³/mol. The average molecular weight is 400 g/mol. The van der Waals surface area contributed by atoms with Crippen molar-refractivity contribution in [3.63, 3.8) is 0 Å². The van der Waals surface area contributed by atoms with Gasteiger partial charge < -0.3 is 21.3 Å². The van der Waals surface area contributed by atoms with E-state index in [-0.39, 0.29) is 24.3 Å². The van der Waals surface area contributed by atoms with Crippen LogP contribution in [0.5, 0.6) is 5.75 Å². The third-order valence-electron chi connectivity index (χ3n) is 5.55. The van der Waals surface area contributed by atoms with Crippen LogP contribution in [-0.4, -0.2) is 50.8 Å². The van der Waals surface area contributed by atoms with Crippen LogP contribution in [0.2, 0.25) is 0 Å². The van der Waals surface area contributed by atoms with Gasteiger partial charge in [0.2, 0.25) is 5.95 Å². The van der Waals surface area contributed by atoms with Crippen molar-refractivity contribution in [2.75, 3.05) is 30.7 Å². The molecule has 1 aromatic carbocycles. The summed E-state index contributed by atoms with van der Waals surface area (Å²) in [4.78, 5) is 11.1. The molecule has 1 fully saturated rings. The zero-order valence-electron chi connectivity index (χ0n) is 17.5. The summed E-state index contributed by atoms with van der Waals surface area (Å²) in [6, 6.07) is 5.84. The number of aromatic hydroxyl groups is 1. The molecular weight excluding hydrogens is 366 g/mol. The lowest BCUT2D eigenvalue weighted by atomic mass is 10.0. The van der Waals surface area contributed by atoms with Crippen LogP contribution in [0.4, 0.5) is 11.8 Å². The third kappa shape index (κ3) is 5.58. The first-order chi connectivity index (χ1) is 14.0. The van der Waals surface area contributed by atoms with Crippen LogP contribution in [-0.2, 0) is 13.0 Å². The highest BCUT2D eigenvalue weighted by Crippen LogP contribution is 2.28. The van der Waals surface area contributed by atoms with E-state index in [9.17, 15) is 10.2 Å². The fourth-order valence-electron chi connectivity index (χ4n) is 3.95. The fraction of sp³-hybridized carbons (Fsp3) is 0.545. The molecule has 2 heterocycles. The number of rotatable bonds is 9. The SMILES string of the molecule is CCCC(CO)Nc1nc(N)nc(C)c1Cc1ccc(CN2CCCC2)cc1O. The number of anilines is 2. The number of aryl methyl sites for hydroxylation is 1. The number of aromatic nitrogens is 2. The molecule has 0 spiro atoms. The van der Waals surface area contributed by atoms with Crippen molar-refractivity contribution in [3.8, 4) is 5.75 Å². The molecule has 1 aliphatic rings. The topological polar surface area (TPSA) is 108 Å². The molecule has 1 aliphatic heterocycles. The molecule has 1 atom stereocenters. The lowest BCUT2D eigenvalue weighted by molar-refractivity contribution is 0.268. The molecule has 158 valence electrons. The van der Waals surface area contributed by atoms with Crippen molar-refractivity contribution >= 4 is 11.8 Å². The Labute approximate surface area is 173 Å². The summed E-state index contributed by atoms with van der Waals surface area (Å²) >= 11 is 0. The summed E-state index contributed by atoms with van der Waals surface area (Å²) < 4.78 is 0. The zero-order valence-corrected chi connectivity index (χ0v) is 17.5. The molecule has 7 nitrogen and oxygen atoms in total. The molecule has 2 aromatic rings. The van der Waals surface area contributed by atoms with Gasteiger partial charge in [-0.2, -0.15) is 4.98 Å². The summed E-state index contributed by atoms with van der Waals surface area (Å²) in [5, 5.41) is 23.6. The maximum atomic E-state index is 10.6. The van der Waals surface area contributed by atoms with E-state index in [0.717, 1.165) is 54.9 Å².